The summed E-state index contributed by atoms with van der Waals surface area (Å²) in [6.45, 7) is 3.55. The smallest absolute Gasteiger partial charge is 0.303 e. The number of aliphatic carboxylic acids is 1. The van der Waals surface area contributed by atoms with E-state index >= 15 is 0 Å². The van der Waals surface area contributed by atoms with Gasteiger partial charge in [0.25, 0.3) is 5.91 Å². The molecular weight excluding hydrogens is 522 g/mol. The van der Waals surface area contributed by atoms with Crippen molar-refractivity contribution < 1.29 is 29.0 Å². The van der Waals surface area contributed by atoms with Gasteiger partial charge in [-0.1, -0.05) is 36.4 Å². The number of aromatic hydroxyl groups is 1. The van der Waals surface area contributed by atoms with Crippen molar-refractivity contribution in [2.75, 3.05) is 5.32 Å². The van der Waals surface area contributed by atoms with Crippen molar-refractivity contribution in [2.45, 2.75) is 26.7 Å². The number of nitrogens with one attached hydrogen (secondary N) is 2. The summed E-state index contributed by atoms with van der Waals surface area (Å²) in [6, 6.07) is 20.7. The molecule has 0 aliphatic heterocycles. The van der Waals surface area contributed by atoms with Crippen molar-refractivity contribution in [3.63, 3.8) is 0 Å². The molecule has 0 aliphatic carbocycles. The van der Waals surface area contributed by atoms with Crippen molar-refractivity contribution in [1.29, 1.82) is 0 Å². The summed E-state index contributed by atoms with van der Waals surface area (Å²) >= 11 is 0. The minimum absolute atomic E-state index is 0.0584. The molecule has 0 bridgehead atoms. The van der Waals surface area contributed by atoms with Crippen LogP contribution in [0.5, 0.6) is 5.88 Å². The molecule has 0 atom stereocenters. The highest BCUT2D eigenvalue weighted by atomic mass is 16.4. The molecule has 206 valence electrons. The first-order valence-electron chi connectivity index (χ1n) is 12.9. The maximum Gasteiger partial charge on any atom is 0.303 e. The molecule has 0 spiro atoms. The molecule has 9 heteroatoms. The number of aromatic amines is 1. The quantitative estimate of drug-likeness (QED) is 0.123. The Labute approximate surface area is 235 Å². The maximum absolute atomic E-state index is 13.3. The van der Waals surface area contributed by atoms with Crippen molar-refractivity contribution in [3.05, 3.63) is 113 Å². The highest BCUT2D eigenvalue weighted by Crippen LogP contribution is 2.30. The number of aryl methyl sites for hydroxylation is 2. The van der Waals surface area contributed by atoms with Crippen LogP contribution in [-0.4, -0.2) is 38.6 Å². The number of furan rings is 1. The van der Waals surface area contributed by atoms with Crippen LogP contribution in [0.4, 0.5) is 11.4 Å². The van der Waals surface area contributed by atoms with Crippen LogP contribution in [0.3, 0.4) is 0 Å². The van der Waals surface area contributed by atoms with Gasteiger partial charge in [-0.2, -0.15) is 0 Å². The normalized spacial score (nSPS) is 11.5. The van der Waals surface area contributed by atoms with Gasteiger partial charge in [0.2, 0.25) is 0 Å². The number of ketones is 1. The van der Waals surface area contributed by atoms with Gasteiger partial charge in [-0.15, -0.1) is 0 Å². The van der Waals surface area contributed by atoms with Crippen LogP contribution in [0.15, 0.2) is 88.5 Å². The largest absolute Gasteiger partial charge is 0.494 e. The van der Waals surface area contributed by atoms with Gasteiger partial charge in [-0.25, -0.2) is 0 Å². The fourth-order valence-corrected chi connectivity index (χ4v) is 4.63. The number of rotatable bonds is 9. The fourth-order valence-electron chi connectivity index (χ4n) is 4.63. The summed E-state index contributed by atoms with van der Waals surface area (Å²) in [5, 5.41) is 23.0. The van der Waals surface area contributed by atoms with Crippen LogP contribution in [0.25, 0.3) is 10.9 Å². The minimum Gasteiger partial charge on any atom is -0.494 e. The molecule has 4 N–H and O–H groups in total. The third-order valence-electron chi connectivity index (χ3n) is 6.71. The summed E-state index contributed by atoms with van der Waals surface area (Å²) in [7, 11) is 0. The van der Waals surface area contributed by atoms with Crippen LogP contribution in [0, 0.1) is 6.92 Å². The first-order chi connectivity index (χ1) is 19.7. The molecule has 41 heavy (non-hydrogen) atoms. The van der Waals surface area contributed by atoms with Gasteiger partial charge in [0.05, 0.1) is 23.2 Å². The number of benzene rings is 3. The second-order valence-electron chi connectivity index (χ2n) is 9.66. The molecule has 2 heterocycles. The van der Waals surface area contributed by atoms with Crippen LogP contribution >= 0.6 is 0 Å². The number of nitrogens with zero attached hydrogens (tertiary/aromatic N) is 1. The zero-order valence-electron chi connectivity index (χ0n) is 22.4. The fraction of sp³-hybridized carbons (Fsp3) is 0.125. The van der Waals surface area contributed by atoms with Gasteiger partial charge >= 0.3 is 5.97 Å². The molecule has 3 aromatic carbocycles. The van der Waals surface area contributed by atoms with E-state index in [9.17, 15) is 19.5 Å². The molecule has 9 nitrogen and oxygen atoms in total. The summed E-state index contributed by atoms with van der Waals surface area (Å²) in [5.41, 5.74) is 5.18. The Hall–Kier alpha value is -5.44. The molecule has 0 unspecified atom stereocenters. The zero-order valence-corrected chi connectivity index (χ0v) is 22.4. The number of anilines is 1. The van der Waals surface area contributed by atoms with E-state index in [1.165, 1.54) is 6.26 Å². The third-order valence-corrected chi connectivity index (χ3v) is 6.71. The Morgan fingerprint density at radius 2 is 1.73 bits per heavy atom. The first-order valence-corrected chi connectivity index (χ1v) is 12.9. The second-order valence-corrected chi connectivity index (χ2v) is 9.66. The molecule has 0 fully saturated rings. The number of H-pyrrole nitrogens is 1. The van der Waals surface area contributed by atoms with Crippen molar-refractivity contribution >= 4 is 45.6 Å². The van der Waals surface area contributed by atoms with E-state index in [2.05, 4.69) is 15.3 Å². The number of carboxylic acid groups (broad SMARTS) is 1. The third kappa shape index (κ3) is 5.94. The SMILES string of the molecule is CC(=Nc1ccc(CCC(=O)O)cc1)c1c(O)[nH]c2cc(C(=O)c3cccc(NC(=O)c4occc4C)c3)ccc12. The molecule has 0 aliphatic rings. The predicted octanol–water partition coefficient (Wildman–Crippen LogP) is 6.42. The number of aromatic nitrogens is 1. The topological polar surface area (TPSA) is 145 Å². The highest BCUT2D eigenvalue weighted by Gasteiger charge is 2.18. The van der Waals surface area contributed by atoms with E-state index in [1.807, 2.05) is 12.1 Å². The molecule has 0 radical (unpaired) electrons. The summed E-state index contributed by atoms with van der Waals surface area (Å²) in [4.78, 5) is 44.2. The molecule has 5 rings (SSSR count). The minimum atomic E-state index is -0.846. The lowest BCUT2D eigenvalue weighted by Crippen LogP contribution is -2.12. The van der Waals surface area contributed by atoms with Crippen LogP contribution < -0.4 is 5.32 Å². The van der Waals surface area contributed by atoms with E-state index < -0.39 is 11.9 Å². The number of fused-ring (bicyclic) bond motifs is 1. The Kier molecular flexibility index (Phi) is 7.51. The lowest BCUT2D eigenvalue weighted by molar-refractivity contribution is -0.136. The van der Waals surface area contributed by atoms with Gasteiger partial charge in [0.1, 0.15) is 0 Å². The van der Waals surface area contributed by atoms with E-state index in [0.29, 0.717) is 56.7 Å². The zero-order chi connectivity index (χ0) is 29.1. The number of aliphatic imine (C=N–C) groups is 1. The second kappa shape index (κ2) is 11.4. The lowest BCUT2D eigenvalue weighted by Gasteiger charge is -2.07. The van der Waals surface area contributed by atoms with E-state index in [1.54, 1.807) is 74.5 Å². The Balaban J connectivity index is 1.36. The predicted molar refractivity (Wildman–Crippen MR) is 156 cm³/mol. The number of carbonyl (C=O) groups is 3. The van der Waals surface area contributed by atoms with Gasteiger partial charge in [-0.05, 0) is 62.2 Å². The maximum atomic E-state index is 13.3. The summed E-state index contributed by atoms with van der Waals surface area (Å²) in [5.74, 6) is -1.36. The molecule has 5 aromatic rings. The van der Waals surface area contributed by atoms with E-state index in [0.717, 1.165) is 5.56 Å². The summed E-state index contributed by atoms with van der Waals surface area (Å²) in [6.07, 6.45) is 1.94. The number of hydrogen-bond donors (Lipinski definition) is 4. The van der Waals surface area contributed by atoms with Crippen molar-refractivity contribution in [3.8, 4) is 5.88 Å². The summed E-state index contributed by atoms with van der Waals surface area (Å²) < 4.78 is 5.24. The van der Waals surface area contributed by atoms with Crippen LogP contribution in [-0.2, 0) is 11.2 Å². The number of amides is 1. The van der Waals surface area contributed by atoms with Crippen LogP contribution in [0.1, 0.15) is 56.5 Å². The molecular formula is C32H27N3O6. The van der Waals surface area contributed by atoms with E-state index in [4.69, 9.17) is 9.52 Å². The van der Waals surface area contributed by atoms with Gasteiger partial charge < -0.3 is 24.9 Å². The lowest BCUT2D eigenvalue weighted by atomic mass is 10.0. The first kappa shape index (κ1) is 27.1. The molecule has 0 saturated carbocycles. The monoisotopic (exact) mass is 549 g/mol. The van der Waals surface area contributed by atoms with Crippen molar-refractivity contribution in [2.24, 2.45) is 4.99 Å². The average molecular weight is 550 g/mol. The number of carboxylic acids is 1. The van der Waals surface area contributed by atoms with Crippen LogP contribution in [0.2, 0.25) is 0 Å². The van der Waals surface area contributed by atoms with Gasteiger partial charge in [0, 0.05) is 39.7 Å². The molecule has 1 amide bonds. The Morgan fingerprint density at radius 1 is 0.976 bits per heavy atom. The Morgan fingerprint density at radius 3 is 2.44 bits per heavy atom. The molecule has 2 aromatic heterocycles. The Bertz CT molecular complexity index is 1810. The van der Waals surface area contributed by atoms with Gasteiger partial charge in [-0.3, -0.25) is 19.4 Å². The standard InChI is InChI=1S/C32H27N3O6/c1-18-14-15-41-30(18)32(40)34-24-5-3-4-21(16-24)29(38)22-9-12-25-26(17-22)35-31(39)28(25)19(2)33-23-10-6-20(7-11-23)8-13-27(36)37/h3-7,9-12,14-17,35,39H,8,13H2,1-2H3,(H,34,40)(H,36,37). The van der Waals surface area contributed by atoms with Gasteiger partial charge in [0.15, 0.2) is 17.4 Å². The highest BCUT2D eigenvalue weighted by molar-refractivity contribution is 6.15. The molecule has 0 saturated heterocycles. The number of carbonyl (C=O) groups excluding carboxylic acids is 2. The van der Waals surface area contributed by atoms with E-state index in [-0.39, 0.29) is 23.8 Å². The number of hydrogen-bond acceptors (Lipinski definition) is 6. The average Bonchev–Trinajstić information content (AvgIpc) is 3.53. The van der Waals surface area contributed by atoms with Crippen molar-refractivity contribution in [1.82, 2.24) is 4.98 Å².